The molecule has 5 heteroatoms. The molecule has 0 unspecified atom stereocenters. The minimum atomic E-state index is 0.433. The smallest absolute Gasteiger partial charge is 0.296 e. The van der Waals surface area contributed by atoms with Gasteiger partial charge in [0.25, 0.3) is 6.01 Å². The van der Waals surface area contributed by atoms with Crippen molar-refractivity contribution in [3.63, 3.8) is 0 Å². The topological polar surface area (TPSA) is 87.9 Å². The van der Waals surface area contributed by atoms with Gasteiger partial charge in [0.15, 0.2) is 5.58 Å². The predicted molar refractivity (Wildman–Crippen MR) is 76.9 cm³/mol. The molecule has 20 heavy (non-hydrogen) atoms. The SMILES string of the molecule is N#Cc1ccc(CNc2nc3c(N)cccc3o2)cc1. The van der Waals surface area contributed by atoms with E-state index in [0.717, 1.165) is 5.56 Å². The minimum absolute atomic E-state index is 0.433. The molecule has 98 valence electrons. The molecule has 0 aliphatic heterocycles. The lowest BCUT2D eigenvalue weighted by molar-refractivity contribution is 0.614. The zero-order chi connectivity index (χ0) is 13.9. The maximum absolute atomic E-state index is 8.74. The fourth-order valence-corrected chi connectivity index (χ4v) is 1.92. The van der Waals surface area contributed by atoms with Crippen LogP contribution in [0.1, 0.15) is 11.1 Å². The Morgan fingerprint density at radius 2 is 2.00 bits per heavy atom. The van der Waals surface area contributed by atoms with Crippen molar-refractivity contribution in [2.75, 3.05) is 11.1 Å². The Balaban J connectivity index is 1.76. The summed E-state index contributed by atoms with van der Waals surface area (Å²) in [5.41, 5.74) is 9.43. The summed E-state index contributed by atoms with van der Waals surface area (Å²) in [6.45, 7) is 0.568. The lowest BCUT2D eigenvalue weighted by Gasteiger charge is -2.01. The summed E-state index contributed by atoms with van der Waals surface area (Å²) in [7, 11) is 0. The Kier molecular flexibility index (Phi) is 2.98. The molecule has 0 spiro atoms. The van der Waals surface area contributed by atoms with Crippen LogP contribution >= 0.6 is 0 Å². The highest BCUT2D eigenvalue weighted by Gasteiger charge is 2.07. The number of hydrogen-bond acceptors (Lipinski definition) is 5. The summed E-state index contributed by atoms with van der Waals surface area (Å²) in [5, 5.41) is 11.8. The zero-order valence-corrected chi connectivity index (χ0v) is 10.6. The summed E-state index contributed by atoms with van der Waals surface area (Å²) in [5.74, 6) is 0. The third kappa shape index (κ3) is 2.27. The first-order chi connectivity index (χ1) is 9.76. The van der Waals surface area contributed by atoms with E-state index in [1.165, 1.54) is 0 Å². The van der Waals surface area contributed by atoms with Gasteiger partial charge in [-0.2, -0.15) is 10.2 Å². The Bertz CT molecular complexity index is 784. The van der Waals surface area contributed by atoms with Crippen LogP contribution in [-0.4, -0.2) is 4.98 Å². The Morgan fingerprint density at radius 1 is 1.20 bits per heavy atom. The summed E-state index contributed by atoms with van der Waals surface area (Å²) in [6.07, 6.45) is 0. The van der Waals surface area contributed by atoms with Crippen LogP contribution in [0.5, 0.6) is 0 Å². The fraction of sp³-hybridized carbons (Fsp3) is 0.0667. The molecule has 0 saturated heterocycles. The van der Waals surface area contributed by atoms with Crippen molar-refractivity contribution in [1.82, 2.24) is 4.98 Å². The van der Waals surface area contributed by atoms with E-state index >= 15 is 0 Å². The molecule has 3 N–H and O–H groups in total. The number of nitrogen functional groups attached to an aromatic ring is 1. The fourth-order valence-electron chi connectivity index (χ4n) is 1.92. The molecule has 3 rings (SSSR count). The number of aromatic nitrogens is 1. The van der Waals surface area contributed by atoms with Crippen molar-refractivity contribution in [3.05, 3.63) is 53.6 Å². The van der Waals surface area contributed by atoms with Crippen LogP contribution in [-0.2, 0) is 6.54 Å². The van der Waals surface area contributed by atoms with Crippen molar-refractivity contribution >= 4 is 22.8 Å². The van der Waals surface area contributed by atoms with Crippen LogP contribution in [0.4, 0.5) is 11.7 Å². The van der Waals surface area contributed by atoms with Gasteiger partial charge in [0, 0.05) is 6.54 Å². The number of rotatable bonds is 3. The van der Waals surface area contributed by atoms with E-state index in [4.69, 9.17) is 15.4 Å². The largest absolute Gasteiger partial charge is 0.423 e. The molecule has 0 bridgehead atoms. The standard InChI is InChI=1S/C15H12N4O/c16-8-10-4-6-11(7-5-10)9-18-15-19-14-12(17)2-1-3-13(14)20-15/h1-7H,9,17H2,(H,18,19). The van der Waals surface area contributed by atoms with Crippen molar-refractivity contribution in [1.29, 1.82) is 5.26 Å². The number of nitrogens with zero attached hydrogens (tertiary/aromatic N) is 2. The second kappa shape index (κ2) is 4.94. The Labute approximate surface area is 115 Å². The van der Waals surface area contributed by atoms with Crippen LogP contribution < -0.4 is 11.1 Å². The molecule has 0 fully saturated rings. The first-order valence-electron chi connectivity index (χ1n) is 6.14. The first kappa shape index (κ1) is 12.1. The van der Waals surface area contributed by atoms with Gasteiger partial charge < -0.3 is 15.5 Å². The molecule has 0 atom stereocenters. The maximum atomic E-state index is 8.74. The molecule has 0 radical (unpaired) electrons. The van der Waals surface area contributed by atoms with E-state index in [2.05, 4.69) is 16.4 Å². The number of oxazole rings is 1. The molecule has 0 aliphatic rings. The van der Waals surface area contributed by atoms with Crippen molar-refractivity contribution < 1.29 is 4.42 Å². The lowest BCUT2D eigenvalue weighted by atomic mass is 10.1. The number of benzene rings is 2. The Hall–Kier alpha value is -3.00. The van der Waals surface area contributed by atoms with Gasteiger partial charge in [0.2, 0.25) is 0 Å². The first-order valence-corrected chi connectivity index (χ1v) is 6.14. The second-order valence-electron chi connectivity index (χ2n) is 4.38. The average Bonchev–Trinajstić information content (AvgIpc) is 2.90. The van der Waals surface area contributed by atoms with Crippen molar-refractivity contribution in [3.8, 4) is 6.07 Å². The molecular formula is C15H12N4O. The van der Waals surface area contributed by atoms with Gasteiger partial charge in [-0.1, -0.05) is 18.2 Å². The van der Waals surface area contributed by atoms with E-state index in [1.54, 1.807) is 18.2 Å². The number of anilines is 2. The van der Waals surface area contributed by atoms with Gasteiger partial charge in [-0.15, -0.1) is 0 Å². The second-order valence-corrected chi connectivity index (χ2v) is 4.38. The van der Waals surface area contributed by atoms with E-state index in [9.17, 15) is 0 Å². The summed E-state index contributed by atoms with van der Waals surface area (Å²) < 4.78 is 5.56. The molecule has 1 heterocycles. The quantitative estimate of drug-likeness (QED) is 0.710. The van der Waals surface area contributed by atoms with Gasteiger partial charge >= 0.3 is 0 Å². The van der Waals surface area contributed by atoms with Crippen molar-refractivity contribution in [2.24, 2.45) is 0 Å². The Morgan fingerprint density at radius 3 is 2.70 bits per heavy atom. The van der Waals surface area contributed by atoms with Crippen LogP contribution in [0.15, 0.2) is 46.9 Å². The van der Waals surface area contributed by atoms with Crippen molar-refractivity contribution in [2.45, 2.75) is 6.54 Å². The van der Waals surface area contributed by atoms with Gasteiger partial charge in [-0.25, -0.2) is 0 Å². The summed E-state index contributed by atoms with van der Waals surface area (Å²) in [6, 6.07) is 15.3. The monoisotopic (exact) mass is 264 g/mol. The third-order valence-electron chi connectivity index (χ3n) is 2.98. The van der Waals surface area contributed by atoms with E-state index in [-0.39, 0.29) is 0 Å². The highest BCUT2D eigenvalue weighted by Crippen LogP contribution is 2.23. The van der Waals surface area contributed by atoms with Crippen LogP contribution in [0.25, 0.3) is 11.1 Å². The summed E-state index contributed by atoms with van der Waals surface area (Å²) >= 11 is 0. The van der Waals surface area contributed by atoms with E-state index < -0.39 is 0 Å². The minimum Gasteiger partial charge on any atom is -0.423 e. The number of nitriles is 1. The average molecular weight is 264 g/mol. The molecule has 0 amide bonds. The zero-order valence-electron chi connectivity index (χ0n) is 10.6. The number of hydrogen-bond donors (Lipinski definition) is 2. The predicted octanol–water partition coefficient (Wildman–Crippen LogP) is 2.89. The lowest BCUT2D eigenvalue weighted by Crippen LogP contribution is -1.99. The van der Waals surface area contributed by atoms with Crippen LogP contribution in [0, 0.1) is 11.3 Å². The van der Waals surface area contributed by atoms with Crippen LogP contribution in [0.2, 0.25) is 0 Å². The number of nitrogens with two attached hydrogens (primary N) is 1. The maximum Gasteiger partial charge on any atom is 0.296 e. The van der Waals surface area contributed by atoms with Gasteiger partial charge in [0.1, 0.15) is 5.52 Å². The normalized spacial score (nSPS) is 10.3. The highest BCUT2D eigenvalue weighted by molar-refractivity contribution is 5.86. The molecule has 0 aliphatic carbocycles. The molecule has 2 aromatic carbocycles. The molecule has 3 aromatic rings. The van der Waals surface area contributed by atoms with E-state index in [0.29, 0.717) is 34.9 Å². The van der Waals surface area contributed by atoms with E-state index in [1.807, 2.05) is 24.3 Å². The van der Waals surface area contributed by atoms with Gasteiger partial charge in [-0.05, 0) is 29.8 Å². The van der Waals surface area contributed by atoms with Gasteiger partial charge in [0.05, 0.1) is 17.3 Å². The van der Waals surface area contributed by atoms with Gasteiger partial charge in [-0.3, -0.25) is 0 Å². The molecule has 0 saturated carbocycles. The number of fused-ring (bicyclic) bond motifs is 1. The van der Waals surface area contributed by atoms with Crippen LogP contribution in [0.3, 0.4) is 0 Å². The summed E-state index contributed by atoms with van der Waals surface area (Å²) in [4.78, 5) is 4.31. The number of nitrogens with one attached hydrogen (secondary N) is 1. The number of para-hydroxylation sites is 1. The molecule has 5 nitrogen and oxygen atoms in total. The molecule has 1 aromatic heterocycles. The third-order valence-corrected chi connectivity index (χ3v) is 2.98. The molecular weight excluding hydrogens is 252 g/mol. The highest BCUT2D eigenvalue weighted by atomic mass is 16.4.